The summed E-state index contributed by atoms with van der Waals surface area (Å²) in [4.78, 5) is 77.5. The van der Waals surface area contributed by atoms with Crippen LogP contribution in [0.3, 0.4) is 0 Å². The predicted molar refractivity (Wildman–Crippen MR) is 116 cm³/mol. The van der Waals surface area contributed by atoms with Crippen molar-refractivity contribution in [2.75, 3.05) is 14.1 Å². The molecule has 3 aliphatic carbocycles. The van der Waals surface area contributed by atoms with Gasteiger partial charge in [0, 0.05) is 17.4 Å². The molecule has 1 amide bonds. The van der Waals surface area contributed by atoms with E-state index in [9.17, 15) is 39.0 Å². The number of aliphatic hydroxyl groups is 1. The number of likely N-dealkylation sites (N-methyl/N-ethyl adjacent to an activating group) is 1. The fraction of sp³-hybridized carbons (Fsp3) is 0.417. The van der Waals surface area contributed by atoms with Gasteiger partial charge in [-0.1, -0.05) is 5.92 Å². The molecule has 0 spiro atoms. The molecule has 11 nitrogen and oxygen atoms in total. The van der Waals surface area contributed by atoms with E-state index in [4.69, 9.17) is 10.8 Å². The molecule has 2 fully saturated rings. The quantitative estimate of drug-likeness (QED) is 0.279. The summed E-state index contributed by atoms with van der Waals surface area (Å²) in [6.45, 7) is 0. The zero-order chi connectivity index (χ0) is 26.0. The van der Waals surface area contributed by atoms with E-state index in [2.05, 4.69) is 5.92 Å². The van der Waals surface area contributed by atoms with Gasteiger partial charge in [0.15, 0.2) is 34.7 Å². The highest BCUT2D eigenvalue weighted by atomic mass is 16.4. The number of aromatic hydroxyl groups is 1. The number of benzene rings is 1. The van der Waals surface area contributed by atoms with Gasteiger partial charge >= 0.3 is 5.97 Å². The smallest absolute Gasteiger partial charge is 0.382 e. The molecule has 4 rings (SSSR count). The minimum absolute atomic E-state index is 0.00384. The standard InChI is InChI=1S/C24H22N2O9/c1-26(2)18-12-8-10-7-11-9(4-6-14(28)29)3-5-13(27)16(11)19(30)15(10)21(32)24(12,35)22(33)17(20(18)31)23(25)34/h3,5,10,12,15,17-18,27,35H,7-8H2,1-2H3,(H2,25,34)(H,28,29)/t10-,12-,15?,17?,18-,24-/m0/s1. The van der Waals surface area contributed by atoms with Crippen molar-refractivity contribution >= 4 is 35.0 Å². The molecule has 0 saturated heterocycles. The maximum atomic E-state index is 13.6. The summed E-state index contributed by atoms with van der Waals surface area (Å²) >= 11 is 0. The molecule has 0 bridgehead atoms. The molecule has 0 heterocycles. The predicted octanol–water partition coefficient (Wildman–Crippen LogP) is -1.70. The van der Waals surface area contributed by atoms with Gasteiger partial charge in [0.25, 0.3) is 0 Å². The molecule has 6 atom stereocenters. The van der Waals surface area contributed by atoms with E-state index in [1.54, 1.807) is 0 Å². The third-order valence-corrected chi connectivity index (χ3v) is 7.25. The number of carbonyl (C=O) groups excluding carboxylic acids is 5. The summed E-state index contributed by atoms with van der Waals surface area (Å²) in [6, 6.07) is 1.29. The molecule has 182 valence electrons. The number of rotatable bonds is 2. The average Bonchev–Trinajstić information content (AvgIpc) is 2.75. The number of hydrogen-bond acceptors (Lipinski definition) is 9. The molecular formula is C24H22N2O9. The molecule has 0 aromatic heterocycles. The molecule has 35 heavy (non-hydrogen) atoms. The van der Waals surface area contributed by atoms with Gasteiger partial charge < -0.3 is 21.1 Å². The first-order valence-corrected chi connectivity index (χ1v) is 10.8. The number of phenols is 1. The van der Waals surface area contributed by atoms with Gasteiger partial charge in [-0.15, -0.1) is 0 Å². The number of carboxylic acids is 1. The van der Waals surface area contributed by atoms with Crippen molar-refractivity contribution in [3.63, 3.8) is 0 Å². The van der Waals surface area contributed by atoms with Crippen LogP contribution in [0, 0.1) is 35.5 Å². The first kappa shape index (κ1) is 24.3. The second-order valence-electron chi connectivity index (χ2n) is 9.33. The highest BCUT2D eigenvalue weighted by Crippen LogP contribution is 2.50. The van der Waals surface area contributed by atoms with Crippen LogP contribution in [0.1, 0.15) is 27.9 Å². The lowest BCUT2D eigenvalue weighted by molar-refractivity contribution is -0.181. The summed E-state index contributed by atoms with van der Waals surface area (Å²) in [5.74, 6) is -8.53. The van der Waals surface area contributed by atoms with E-state index in [1.165, 1.54) is 25.1 Å². The lowest BCUT2D eigenvalue weighted by Gasteiger charge is -2.52. The van der Waals surface area contributed by atoms with Crippen molar-refractivity contribution in [2.45, 2.75) is 24.5 Å². The second-order valence-corrected chi connectivity index (χ2v) is 9.33. The number of hydrogen-bond donors (Lipinski definition) is 4. The molecule has 5 N–H and O–H groups in total. The molecule has 0 aliphatic heterocycles. The Labute approximate surface area is 198 Å². The van der Waals surface area contributed by atoms with Crippen molar-refractivity contribution in [2.24, 2.45) is 29.4 Å². The molecule has 11 heteroatoms. The maximum absolute atomic E-state index is 13.6. The lowest BCUT2D eigenvalue weighted by atomic mass is 9.52. The van der Waals surface area contributed by atoms with Crippen LogP contribution in [0.2, 0.25) is 0 Å². The number of amides is 1. The number of phenolic OH excluding ortho intramolecular Hbond substituents is 1. The zero-order valence-electron chi connectivity index (χ0n) is 18.8. The summed E-state index contributed by atoms with van der Waals surface area (Å²) in [5, 5.41) is 30.7. The molecule has 3 aliphatic rings. The number of primary amides is 1. The van der Waals surface area contributed by atoms with E-state index >= 15 is 0 Å². The van der Waals surface area contributed by atoms with E-state index in [0.29, 0.717) is 0 Å². The summed E-state index contributed by atoms with van der Waals surface area (Å²) in [7, 11) is 2.98. The molecular weight excluding hydrogens is 460 g/mol. The number of carbonyl (C=O) groups is 6. The number of carboxylic acid groups (broad SMARTS) is 1. The molecule has 1 aromatic carbocycles. The van der Waals surface area contributed by atoms with Crippen LogP contribution in [-0.2, 0) is 30.4 Å². The largest absolute Gasteiger partial charge is 0.507 e. The van der Waals surface area contributed by atoms with E-state index in [-0.39, 0.29) is 29.5 Å². The third-order valence-electron chi connectivity index (χ3n) is 7.25. The van der Waals surface area contributed by atoms with E-state index in [0.717, 1.165) is 6.07 Å². The van der Waals surface area contributed by atoms with Crippen molar-refractivity contribution in [3.05, 3.63) is 28.8 Å². The first-order chi connectivity index (χ1) is 16.3. The second kappa shape index (κ2) is 8.11. The number of nitrogens with zero attached hydrogens (tertiary/aromatic N) is 1. The summed E-state index contributed by atoms with van der Waals surface area (Å²) in [5.41, 5.74) is 2.65. The van der Waals surface area contributed by atoms with E-state index < -0.39 is 76.1 Å². The fourth-order valence-corrected chi connectivity index (χ4v) is 5.84. The van der Waals surface area contributed by atoms with Gasteiger partial charge in [0.2, 0.25) is 5.91 Å². The summed E-state index contributed by atoms with van der Waals surface area (Å²) in [6.07, 6.45) is -0.102. The Kier molecular flexibility index (Phi) is 5.62. The van der Waals surface area contributed by atoms with Crippen molar-refractivity contribution in [1.82, 2.24) is 4.90 Å². The minimum Gasteiger partial charge on any atom is -0.507 e. The van der Waals surface area contributed by atoms with Gasteiger partial charge in [0.1, 0.15) is 5.75 Å². The van der Waals surface area contributed by atoms with Crippen molar-refractivity contribution in [3.8, 4) is 17.6 Å². The Morgan fingerprint density at radius 2 is 1.80 bits per heavy atom. The topological polar surface area (TPSA) is 192 Å². The Morgan fingerprint density at radius 1 is 1.14 bits per heavy atom. The molecule has 2 unspecified atom stereocenters. The molecule has 1 aromatic rings. The fourth-order valence-electron chi connectivity index (χ4n) is 5.84. The van der Waals surface area contributed by atoms with Gasteiger partial charge in [0.05, 0.1) is 17.5 Å². The van der Waals surface area contributed by atoms with Crippen LogP contribution >= 0.6 is 0 Å². The number of ketones is 4. The van der Waals surface area contributed by atoms with E-state index in [1.807, 2.05) is 5.92 Å². The van der Waals surface area contributed by atoms with Crippen LogP contribution in [0.15, 0.2) is 12.1 Å². The molecule has 2 saturated carbocycles. The van der Waals surface area contributed by atoms with Crippen LogP contribution < -0.4 is 5.73 Å². The van der Waals surface area contributed by atoms with Crippen molar-refractivity contribution < 1.29 is 44.1 Å². The Morgan fingerprint density at radius 3 is 2.37 bits per heavy atom. The lowest BCUT2D eigenvalue weighted by Crippen LogP contribution is -2.74. The number of nitrogens with two attached hydrogens (primary N) is 1. The number of aliphatic carboxylic acids is 1. The Balaban J connectivity index is 1.88. The normalized spacial score (nSPS) is 31.7. The summed E-state index contributed by atoms with van der Waals surface area (Å²) < 4.78 is 0. The maximum Gasteiger partial charge on any atom is 0.382 e. The third kappa shape index (κ3) is 3.37. The van der Waals surface area contributed by atoms with Crippen molar-refractivity contribution in [1.29, 1.82) is 0 Å². The number of fused-ring (bicyclic) bond motifs is 3. The van der Waals surface area contributed by atoms with Crippen LogP contribution in [0.5, 0.6) is 5.75 Å². The van der Waals surface area contributed by atoms with Gasteiger partial charge in [-0.05, 0) is 50.6 Å². The van der Waals surface area contributed by atoms with Crippen LogP contribution in [0.4, 0.5) is 0 Å². The zero-order valence-corrected chi connectivity index (χ0v) is 18.8. The number of Topliss-reactive ketones (excluding diaryl/α,β-unsaturated/α-hetero) is 4. The van der Waals surface area contributed by atoms with Gasteiger partial charge in [-0.25, -0.2) is 4.79 Å². The van der Waals surface area contributed by atoms with Crippen LogP contribution in [0.25, 0.3) is 0 Å². The SMILES string of the molecule is CN(C)[C@@H]1C(=O)C(C(N)=O)C(=O)[C@@]2(O)C(=O)C3C(=O)c4c(O)ccc(C#CC(=O)O)c4C[C@H]3C[C@@H]12. The van der Waals surface area contributed by atoms with Crippen LogP contribution in [-0.4, -0.2) is 81.0 Å². The average molecular weight is 482 g/mol. The first-order valence-electron chi connectivity index (χ1n) is 10.8. The van der Waals surface area contributed by atoms with Gasteiger partial charge in [-0.2, -0.15) is 0 Å². The minimum atomic E-state index is -2.80. The van der Waals surface area contributed by atoms with Gasteiger partial charge in [-0.3, -0.25) is 28.9 Å². The Hall–Kier alpha value is -3.88. The highest BCUT2D eigenvalue weighted by Gasteiger charge is 2.69. The monoisotopic (exact) mass is 482 g/mol. The Bertz CT molecular complexity index is 1290. The molecule has 0 radical (unpaired) electrons. The highest BCUT2D eigenvalue weighted by molar-refractivity contribution is 6.32.